The first kappa shape index (κ1) is 13.5. The second-order valence-electron chi connectivity index (χ2n) is 3.58. The maximum absolute atomic E-state index is 14.0. The number of halogens is 3. The highest BCUT2D eigenvalue weighted by Crippen LogP contribution is 2.32. The average Bonchev–Trinajstić information content (AvgIpc) is 2.76. The normalized spacial score (nSPS) is 12.7. The largest absolute Gasteiger partial charge is 0.271 e. The van der Waals surface area contributed by atoms with E-state index < -0.39 is 17.7 Å². The van der Waals surface area contributed by atoms with Crippen LogP contribution in [0.3, 0.4) is 0 Å². The molecule has 0 aliphatic rings. The van der Waals surface area contributed by atoms with Crippen LogP contribution >= 0.6 is 27.5 Å². The number of hydrogen-bond acceptors (Lipinski definition) is 5. The van der Waals surface area contributed by atoms with Crippen molar-refractivity contribution in [1.82, 2.24) is 15.0 Å². The van der Waals surface area contributed by atoms with E-state index in [4.69, 9.17) is 5.84 Å². The van der Waals surface area contributed by atoms with Crippen molar-refractivity contribution in [3.8, 4) is 0 Å². The predicted octanol–water partition coefficient (Wildman–Crippen LogP) is 2.44. The molecule has 3 N–H and O–H groups in total. The topological polar surface area (TPSA) is 63.8 Å². The van der Waals surface area contributed by atoms with Crippen molar-refractivity contribution >= 4 is 27.5 Å². The third kappa shape index (κ3) is 2.28. The number of nitrogens with zero attached hydrogens (tertiary/aromatic N) is 2. The summed E-state index contributed by atoms with van der Waals surface area (Å²) in [5.74, 6) is 4.04. The minimum absolute atomic E-state index is 0.152. The van der Waals surface area contributed by atoms with Crippen molar-refractivity contribution in [3.63, 3.8) is 0 Å². The quantitative estimate of drug-likeness (QED) is 0.514. The second kappa shape index (κ2) is 5.35. The smallest absolute Gasteiger partial charge is 0.145 e. The average molecular weight is 335 g/mol. The van der Waals surface area contributed by atoms with Crippen LogP contribution in [0.5, 0.6) is 0 Å². The van der Waals surface area contributed by atoms with Gasteiger partial charge in [0.05, 0.1) is 21.1 Å². The molecule has 0 aliphatic heterocycles. The Balaban J connectivity index is 2.59. The molecule has 2 rings (SSSR count). The SMILES string of the molecule is Cc1nnsc1C(NN)c1c(F)ccc(Br)c1F. The van der Waals surface area contributed by atoms with Gasteiger partial charge in [0.2, 0.25) is 0 Å². The fourth-order valence-electron chi connectivity index (χ4n) is 1.60. The summed E-state index contributed by atoms with van der Waals surface area (Å²) in [6, 6.07) is 1.67. The van der Waals surface area contributed by atoms with E-state index in [9.17, 15) is 8.78 Å². The van der Waals surface area contributed by atoms with Crippen molar-refractivity contribution in [3.05, 3.63) is 44.4 Å². The van der Waals surface area contributed by atoms with E-state index in [1.807, 2.05) is 0 Å². The van der Waals surface area contributed by atoms with Gasteiger partial charge in [-0.05, 0) is 46.5 Å². The van der Waals surface area contributed by atoms with Gasteiger partial charge in [-0.2, -0.15) is 0 Å². The van der Waals surface area contributed by atoms with Gasteiger partial charge in [-0.3, -0.25) is 5.84 Å². The van der Waals surface area contributed by atoms with Gasteiger partial charge in [-0.25, -0.2) is 14.2 Å². The summed E-state index contributed by atoms with van der Waals surface area (Å²) in [7, 11) is 0. The predicted molar refractivity (Wildman–Crippen MR) is 67.9 cm³/mol. The fraction of sp³-hybridized carbons (Fsp3) is 0.200. The molecular weight excluding hydrogens is 326 g/mol. The molecule has 8 heteroatoms. The maximum Gasteiger partial charge on any atom is 0.145 e. The van der Waals surface area contributed by atoms with Crippen molar-refractivity contribution < 1.29 is 8.78 Å². The summed E-state index contributed by atoms with van der Waals surface area (Å²) < 4.78 is 31.7. The lowest BCUT2D eigenvalue weighted by atomic mass is 10.0. The van der Waals surface area contributed by atoms with E-state index in [0.29, 0.717) is 10.6 Å². The summed E-state index contributed by atoms with van der Waals surface area (Å²) >= 11 is 4.07. The zero-order valence-electron chi connectivity index (χ0n) is 9.25. The molecule has 0 saturated heterocycles. The van der Waals surface area contributed by atoms with Gasteiger partial charge < -0.3 is 0 Å². The standard InChI is InChI=1S/C10H9BrF2N4S/c1-4-10(18-17-16-4)9(15-14)7-6(12)3-2-5(11)8(7)13/h2-3,9,15H,14H2,1H3. The van der Waals surface area contributed by atoms with Crippen molar-refractivity contribution in [1.29, 1.82) is 0 Å². The Morgan fingerprint density at radius 3 is 2.72 bits per heavy atom. The van der Waals surface area contributed by atoms with Gasteiger partial charge in [0.15, 0.2) is 0 Å². The van der Waals surface area contributed by atoms with Crippen LogP contribution in [0.25, 0.3) is 0 Å². The van der Waals surface area contributed by atoms with Crippen LogP contribution in [-0.4, -0.2) is 9.59 Å². The molecule has 1 heterocycles. The lowest BCUT2D eigenvalue weighted by Gasteiger charge is -2.17. The monoisotopic (exact) mass is 334 g/mol. The molecule has 0 fully saturated rings. The molecular formula is C10H9BrF2N4S. The number of aromatic nitrogens is 2. The zero-order valence-corrected chi connectivity index (χ0v) is 11.6. The van der Waals surface area contributed by atoms with Gasteiger partial charge in [0.1, 0.15) is 11.6 Å². The van der Waals surface area contributed by atoms with Gasteiger partial charge in [0.25, 0.3) is 0 Å². The summed E-state index contributed by atoms with van der Waals surface area (Å²) in [4.78, 5) is 0.577. The Bertz CT molecular complexity index is 575. The minimum atomic E-state index is -0.817. The molecule has 1 unspecified atom stereocenters. The Morgan fingerprint density at radius 1 is 1.44 bits per heavy atom. The van der Waals surface area contributed by atoms with Crippen LogP contribution in [0.4, 0.5) is 8.78 Å². The first-order valence-electron chi connectivity index (χ1n) is 4.94. The van der Waals surface area contributed by atoms with Crippen molar-refractivity contribution in [2.24, 2.45) is 5.84 Å². The number of rotatable bonds is 3. The first-order valence-corrected chi connectivity index (χ1v) is 6.51. The molecule has 0 radical (unpaired) electrons. The summed E-state index contributed by atoms with van der Waals surface area (Å²) in [5.41, 5.74) is 2.83. The van der Waals surface area contributed by atoms with E-state index in [1.54, 1.807) is 6.92 Å². The highest BCUT2D eigenvalue weighted by atomic mass is 79.9. The number of benzene rings is 1. The van der Waals surface area contributed by atoms with Crippen LogP contribution in [-0.2, 0) is 0 Å². The molecule has 1 atom stereocenters. The van der Waals surface area contributed by atoms with E-state index >= 15 is 0 Å². The van der Waals surface area contributed by atoms with Crippen molar-refractivity contribution in [2.75, 3.05) is 0 Å². The Hall–Kier alpha value is -0.960. The first-order chi connectivity index (χ1) is 8.56. The van der Waals surface area contributed by atoms with Gasteiger partial charge in [-0.1, -0.05) is 4.49 Å². The number of hydrazine groups is 1. The molecule has 0 saturated carbocycles. The van der Waals surface area contributed by atoms with E-state index in [1.165, 1.54) is 12.1 Å². The van der Waals surface area contributed by atoms with Gasteiger partial charge in [-0.15, -0.1) is 5.10 Å². The Morgan fingerprint density at radius 2 is 2.17 bits per heavy atom. The summed E-state index contributed by atoms with van der Waals surface area (Å²) in [6.07, 6.45) is 0. The van der Waals surface area contributed by atoms with Crippen LogP contribution in [0, 0.1) is 18.6 Å². The molecule has 0 bridgehead atoms. The molecule has 1 aromatic heterocycles. The number of nitrogens with two attached hydrogens (primary N) is 1. The molecule has 0 spiro atoms. The Kier molecular flexibility index (Phi) is 4.00. The van der Waals surface area contributed by atoms with Gasteiger partial charge >= 0.3 is 0 Å². The number of nitrogens with one attached hydrogen (secondary N) is 1. The van der Waals surface area contributed by atoms with Crippen LogP contribution < -0.4 is 11.3 Å². The number of hydrogen-bond donors (Lipinski definition) is 2. The third-order valence-electron chi connectivity index (χ3n) is 2.48. The highest BCUT2D eigenvalue weighted by molar-refractivity contribution is 9.10. The summed E-state index contributed by atoms with van der Waals surface area (Å²) in [6.45, 7) is 1.71. The molecule has 2 aromatic rings. The molecule has 18 heavy (non-hydrogen) atoms. The van der Waals surface area contributed by atoms with Gasteiger partial charge in [0, 0.05) is 5.56 Å². The lowest BCUT2D eigenvalue weighted by Crippen LogP contribution is -2.30. The van der Waals surface area contributed by atoms with E-state index in [2.05, 4.69) is 30.9 Å². The number of aryl methyl sites for hydroxylation is 1. The van der Waals surface area contributed by atoms with E-state index in [-0.39, 0.29) is 10.0 Å². The maximum atomic E-state index is 14.0. The van der Waals surface area contributed by atoms with E-state index in [0.717, 1.165) is 11.5 Å². The summed E-state index contributed by atoms with van der Waals surface area (Å²) in [5, 5.41) is 3.81. The molecule has 4 nitrogen and oxygen atoms in total. The molecule has 1 aromatic carbocycles. The highest BCUT2D eigenvalue weighted by Gasteiger charge is 2.26. The molecule has 0 aliphatic carbocycles. The van der Waals surface area contributed by atoms with Crippen LogP contribution in [0.15, 0.2) is 16.6 Å². The lowest BCUT2D eigenvalue weighted by molar-refractivity contribution is 0.509. The molecule has 0 amide bonds. The zero-order chi connectivity index (χ0) is 13.3. The van der Waals surface area contributed by atoms with Crippen molar-refractivity contribution in [2.45, 2.75) is 13.0 Å². The van der Waals surface area contributed by atoms with Crippen LogP contribution in [0.1, 0.15) is 22.2 Å². The minimum Gasteiger partial charge on any atom is -0.271 e. The molecule has 96 valence electrons. The Labute approximate surface area is 114 Å². The third-order valence-corrected chi connectivity index (χ3v) is 3.99. The second-order valence-corrected chi connectivity index (χ2v) is 5.22. The van der Waals surface area contributed by atoms with Crippen LogP contribution in [0.2, 0.25) is 0 Å². The fourth-order valence-corrected chi connectivity index (χ4v) is 2.66.